The summed E-state index contributed by atoms with van der Waals surface area (Å²) in [6.07, 6.45) is 1.98. The van der Waals surface area contributed by atoms with Crippen LogP contribution in [0.2, 0.25) is 0 Å². The number of nitrogens with two attached hydrogens (primary N) is 1. The molecular weight excluding hydrogens is 220 g/mol. The molecule has 0 aromatic rings. The maximum Gasteiger partial charge on any atom is 0.241 e. The van der Waals surface area contributed by atoms with Gasteiger partial charge in [-0.05, 0) is 26.9 Å². The first-order valence-electron chi connectivity index (χ1n) is 5.95. The molecule has 0 aliphatic carbocycles. The van der Waals surface area contributed by atoms with E-state index < -0.39 is 0 Å². The van der Waals surface area contributed by atoms with Crippen LogP contribution in [-0.2, 0) is 9.59 Å². The van der Waals surface area contributed by atoms with Gasteiger partial charge in [0.05, 0.1) is 13.1 Å². The zero-order valence-corrected chi connectivity index (χ0v) is 10.6. The number of hydrogen-bond donors (Lipinski definition) is 2. The van der Waals surface area contributed by atoms with Gasteiger partial charge in [-0.3, -0.25) is 9.59 Å². The highest BCUT2D eigenvalue weighted by atomic mass is 16.2. The summed E-state index contributed by atoms with van der Waals surface area (Å²) in [5, 5.41) is 2.50. The van der Waals surface area contributed by atoms with E-state index in [1.54, 1.807) is 4.90 Å². The second-order valence-corrected chi connectivity index (χ2v) is 4.56. The quantitative estimate of drug-likeness (QED) is 0.636. The number of amides is 2. The summed E-state index contributed by atoms with van der Waals surface area (Å²) in [6, 6.07) is 0.553. The van der Waals surface area contributed by atoms with Crippen molar-refractivity contribution in [3.63, 3.8) is 0 Å². The minimum atomic E-state index is -0.290. The molecule has 0 radical (unpaired) electrons. The van der Waals surface area contributed by atoms with Crippen molar-refractivity contribution in [2.75, 3.05) is 40.3 Å². The normalized spacial score (nSPS) is 17.3. The van der Waals surface area contributed by atoms with E-state index in [2.05, 4.69) is 24.3 Å². The van der Waals surface area contributed by atoms with Crippen LogP contribution in [-0.4, -0.2) is 67.9 Å². The second kappa shape index (κ2) is 6.56. The van der Waals surface area contributed by atoms with Crippen LogP contribution in [0.5, 0.6) is 0 Å². The molecule has 0 unspecified atom stereocenters. The first-order valence-corrected chi connectivity index (χ1v) is 5.95. The van der Waals surface area contributed by atoms with Crippen LogP contribution in [0.4, 0.5) is 0 Å². The number of nitrogens with one attached hydrogen (secondary N) is 1. The molecule has 0 spiro atoms. The minimum absolute atomic E-state index is 0.0241. The van der Waals surface area contributed by atoms with Gasteiger partial charge in [-0.25, -0.2) is 0 Å². The molecular formula is C11H22N4O2. The molecule has 98 valence electrons. The second-order valence-electron chi connectivity index (χ2n) is 4.56. The summed E-state index contributed by atoms with van der Waals surface area (Å²) in [6.45, 7) is 1.51. The van der Waals surface area contributed by atoms with E-state index in [4.69, 9.17) is 5.73 Å². The lowest BCUT2D eigenvalue weighted by molar-refractivity contribution is -0.133. The van der Waals surface area contributed by atoms with E-state index in [1.165, 1.54) is 0 Å². The number of nitrogens with zero attached hydrogens (tertiary/aromatic N) is 2. The maximum atomic E-state index is 11.8. The number of piperidine rings is 1. The first kappa shape index (κ1) is 13.9. The number of carbonyl (C=O) groups excluding carboxylic acids is 2. The highest BCUT2D eigenvalue weighted by molar-refractivity contribution is 5.85. The molecule has 1 fully saturated rings. The van der Waals surface area contributed by atoms with Crippen LogP contribution in [0.1, 0.15) is 12.8 Å². The van der Waals surface area contributed by atoms with Gasteiger partial charge in [-0.15, -0.1) is 0 Å². The van der Waals surface area contributed by atoms with Gasteiger partial charge in [0.15, 0.2) is 0 Å². The van der Waals surface area contributed by atoms with Crippen molar-refractivity contribution in [2.45, 2.75) is 18.9 Å². The molecule has 1 heterocycles. The van der Waals surface area contributed by atoms with Gasteiger partial charge in [0.1, 0.15) is 0 Å². The molecule has 6 heteroatoms. The fraction of sp³-hybridized carbons (Fsp3) is 0.818. The predicted octanol–water partition coefficient (Wildman–Crippen LogP) is -1.39. The van der Waals surface area contributed by atoms with Gasteiger partial charge >= 0.3 is 0 Å². The van der Waals surface area contributed by atoms with Crippen LogP contribution in [0.25, 0.3) is 0 Å². The molecule has 17 heavy (non-hydrogen) atoms. The maximum absolute atomic E-state index is 11.8. The number of likely N-dealkylation sites (tertiary alicyclic amines) is 1. The number of rotatable bonds is 4. The first-order chi connectivity index (χ1) is 8.04. The third-order valence-corrected chi connectivity index (χ3v) is 3.17. The van der Waals surface area contributed by atoms with Crippen molar-refractivity contribution in [3.05, 3.63) is 0 Å². The fourth-order valence-electron chi connectivity index (χ4n) is 1.99. The molecule has 3 N–H and O–H groups in total. The fourth-order valence-corrected chi connectivity index (χ4v) is 1.99. The van der Waals surface area contributed by atoms with Crippen molar-refractivity contribution < 1.29 is 9.59 Å². The largest absolute Gasteiger partial charge is 0.346 e. The molecule has 6 nitrogen and oxygen atoms in total. The highest BCUT2D eigenvalue weighted by Crippen LogP contribution is 2.13. The average Bonchev–Trinajstić information content (AvgIpc) is 2.35. The molecule has 1 saturated heterocycles. The zero-order valence-electron chi connectivity index (χ0n) is 10.6. The molecule has 2 amide bonds. The predicted molar refractivity (Wildman–Crippen MR) is 65.4 cm³/mol. The third-order valence-electron chi connectivity index (χ3n) is 3.17. The van der Waals surface area contributed by atoms with Crippen molar-refractivity contribution >= 4 is 11.8 Å². The Kier molecular flexibility index (Phi) is 5.37. The molecule has 0 aromatic carbocycles. The van der Waals surface area contributed by atoms with Crippen molar-refractivity contribution in [1.29, 1.82) is 0 Å². The molecule has 0 bridgehead atoms. The topological polar surface area (TPSA) is 78.7 Å². The SMILES string of the molecule is CN(C)C1CCN(C(=O)CNC(=O)CN)CC1. The molecule has 0 atom stereocenters. The van der Waals surface area contributed by atoms with Gasteiger partial charge in [0.2, 0.25) is 11.8 Å². The van der Waals surface area contributed by atoms with E-state index in [0.29, 0.717) is 6.04 Å². The Bertz CT molecular complexity index is 273. The Hall–Kier alpha value is -1.14. The van der Waals surface area contributed by atoms with Gasteiger partial charge in [-0.1, -0.05) is 0 Å². The van der Waals surface area contributed by atoms with Gasteiger partial charge in [0.25, 0.3) is 0 Å². The zero-order chi connectivity index (χ0) is 12.8. The lowest BCUT2D eigenvalue weighted by atomic mass is 10.0. The van der Waals surface area contributed by atoms with Crippen molar-refractivity contribution in [2.24, 2.45) is 5.73 Å². The Morgan fingerprint density at radius 2 is 1.94 bits per heavy atom. The standard InChI is InChI=1S/C11H22N4O2/c1-14(2)9-3-5-15(6-4-9)11(17)8-13-10(16)7-12/h9H,3-8,12H2,1-2H3,(H,13,16). The van der Waals surface area contributed by atoms with Crippen LogP contribution in [0, 0.1) is 0 Å². The van der Waals surface area contributed by atoms with E-state index in [-0.39, 0.29) is 24.9 Å². The van der Waals surface area contributed by atoms with E-state index in [1.807, 2.05) is 0 Å². The number of hydrogen-bond acceptors (Lipinski definition) is 4. The molecule has 0 saturated carbocycles. The molecule has 1 aliphatic heterocycles. The Balaban J connectivity index is 2.28. The van der Waals surface area contributed by atoms with E-state index >= 15 is 0 Å². The summed E-state index contributed by atoms with van der Waals surface area (Å²) in [5.41, 5.74) is 5.15. The van der Waals surface area contributed by atoms with E-state index in [9.17, 15) is 9.59 Å². The monoisotopic (exact) mass is 242 g/mol. The third kappa shape index (κ3) is 4.32. The number of carbonyl (C=O) groups is 2. The lowest BCUT2D eigenvalue weighted by Gasteiger charge is -2.35. The van der Waals surface area contributed by atoms with E-state index in [0.717, 1.165) is 25.9 Å². The van der Waals surface area contributed by atoms with Gasteiger partial charge in [0, 0.05) is 19.1 Å². The van der Waals surface area contributed by atoms with Crippen LogP contribution in [0.15, 0.2) is 0 Å². The van der Waals surface area contributed by atoms with Crippen LogP contribution >= 0.6 is 0 Å². The minimum Gasteiger partial charge on any atom is -0.346 e. The summed E-state index contributed by atoms with van der Waals surface area (Å²) in [5.74, 6) is -0.314. The Labute approximate surface area is 102 Å². The van der Waals surface area contributed by atoms with Crippen molar-refractivity contribution in [1.82, 2.24) is 15.1 Å². The molecule has 1 rings (SSSR count). The highest BCUT2D eigenvalue weighted by Gasteiger charge is 2.23. The van der Waals surface area contributed by atoms with Crippen LogP contribution < -0.4 is 11.1 Å². The molecule has 0 aromatic heterocycles. The summed E-state index contributed by atoms with van der Waals surface area (Å²) in [4.78, 5) is 26.7. The Morgan fingerprint density at radius 3 is 2.41 bits per heavy atom. The Morgan fingerprint density at radius 1 is 1.35 bits per heavy atom. The van der Waals surface area contributed by atoms with Crippen LogP contribution in [0.3, 0.4) is 0 Å². The average molecular weight is 242 g/mol. The summed E-state index contributed by atoms with van der Waals surface area (Å²) < 4.78 is 0. The van der Waals surface area contributed by atoms with Gasteiger partial charge < -0.3 is 20.9 Å². The lowest BCUT2D eigenvalue weighted by Crippen LogP contribution is -2.48. The molecule has 1 aliphatic rings. The summed E-state index contributed by atoms with van der Waals surface area (Å²) >= 11 is 0. The summed E-state index contributed by atoms with van der Waals surface area (Å²) in [7, 11) is 4.12. The van der Waals surface area contributed by atoms with Crippen molar-refractivity contribution in [3.8, 4) is 0 Å². The van der Waals surface area contributed by atoms with Gasteiger partial charge in [-0.2, -0.15) is 0 Å². The smallest absolute Gasteiger partial charge is 0.241 e.